The van der Waals surface area contributed by atoms with Crippen molar-refractivity contribution < 1.29 is 32.2 Å². The molecule has 0 bridgehead atoms. The molecule has 144 valence electrons. The fourth-order valence-electron chi connectivity index (χ4n) is 2.33. The SMILES string of the molecule is CCOc1ccc(NC(=O)N[C@@]2(C(F)(F)F)Oc3ccc(Cl)cc3O2)cc1. The number of benzene rings is 2. The van der Waals surface area contributed by atoms with Crippen LogP contribution < -0.4 is 24.8 Å². The largest absolute Gasteiger partial charge is 0.494 e. The first-order valence-corrected chi connectivity index (χ1v) is 8.16. The lowest BCUT2D eigenvalue weighted by Gasteiger charge is -2.29. The number of hydrogen-bond donors (Lipinski definition) is 2. The van der Waals surface area contributed by atoms with Crippen molar-refractivity contribution in [3.05, 3.63) is 47.5 Å². The average Bonchev–Trinajstić information content (AvgIpc) is 2.95. The number of alkyl halides is 3. The number of amides is 2. The second-order valence-corrected chi connectivity index (χ2v) is 5.88. The highest BCUT2D eigenvalue weighted by Crippen LogP contribution is 2.46. The van der Waals surface area contributed by atoms with Gasteiger partial charge in [0.25, 0.3) is 0 Å². The standard InChI is InChI=1S/C17H14ClF3N2O4/c1-2-25-12-6-4-11(5-7-12)22-15(24)23-17(16(19,20)21)26-13-8-3-10(18)9-14(13)27-17/h3-9H,2H2,1H3,(H2,22,23,24)/t17-/m0/s1. The van der Waals surface area contributed by atoms with Crippen LogP contribution in [0.3, 0.4) is 0 Å². The molecule has 0 spiro atoms. The van der Waals surface area contributed by atoms with Gasteiger partial charge in [-0.25, -0.2) is 4.79 Å². The molecule has 0 aliphatic carbocycles. The lowest BCUT2D eigenvalue weighted by atomic mass is 10.3. The Hall–Kier alpha value is -2.81. The van der Waals surface area contributed by atoms with Crippen molar-refractivity contribution in [1.82, 2.24) is 5.32 Å². The Balaban J connectivity index is 1.75. The number of halogens is 4. The van der Waals surface area contributed by atoms with E-state index in [1.807, 2.05) is 6.92 Å². The molecular weight excluding hydrogens is 389 g/mol. The second kappa shape index (κ2) is 7.07. The number of urea groups is 1. The minimum atomic E-state index is -5.06. The van der Waals surface area contributed by atoms with E-state index >= 15 is 0 Å². The first-order chi connectivity index (χ1) is 12.7. The molecular formula is C17H14ClF3N2O4. The number of hydrogen-bond acceptors (Lipinski definition) is 4. The molecule has 0 radical (unpaired) electrons. The van der Waals surface area contributed by atoms with Crippen molar-refractivity contribution in [2.75, 3.05) is 11.9 Å². The zero-order valence-electron chi connectivity index (χ0n) is 13.9. The van der Waals surface area contributed by atoms with Crippen LogP contribution in [0, 0.1) is 0 Å². The molecule has 0 unspecified atom stereocenters. The van der Waals surface area contributed by atoms with Gasteiger partial charge in [0.2, 0.25) is 0 Å². The Morgan fingerprint density at radius 3 is 2.44 bits per heavy atom. The average molecular weight is 403 g/mol. The maximum atomic E-state index is 13.6. The lowest BCUT2D eigenvalue weighted by molar-refractivity contribution is -0.317. The van der Waals surface area contributed by atoms with Crippen molar-refractivity contribution in [2.45, 2.75) is 19.0 Å². The number of carbonyl (C=O) groups excluding carboxylic acids is 1. The molecule has 10 heteroatoms. The maximum absolute atomic E-state index is 13.6. The molecule has 27 heavy (non-hydrogen) atoms. The molecule has 2 aromatic rings. The molecule has 3 rings (SSSR count). The van der Waals surface area contributed by atoms with E-state index in [1.165, 1.54) is 24.3 Å². The third-order valence-corrected chi connectivity index (χ3v) is 3.72. The second-order valence-electron chi connectivity index (χ2n) is 5.45. The predicted molar refractivity (Wildman–Crippen MR) is 91.3 cm³/mol. The maximum Gasteiger partial charge on any atom is 0.492 e. The number of nitrogens with one attached hydrogen (secondary N) is 2. The van der Waals surface area contributed by atoms with Gasteiger partial charge in [0.05, 0.1) is 6.61 Å². The molecule has 1 aliphatic heterocycles. The minimum absolute atomic E-state index is 0.161. The highest BCUT2D eigenvalue weighted by molar-refractivity contribution is 6.30. The van der Waals surface area contributed by atoms with E-state index < -0.39 is 18.1 Å². The summed E-state index contributed by atoms with van der Waals surface area (Å²) in [6, 6.07) is 8.66. The van der Waals surface area contributed by atoms with Gasteiger partial charge in [-0.3, -0.25) is 5.32 Å². The van der Waals surface area contributed by atoms with Gasteiger partial charge in [0.15, 0.2) is 11.5 Å². The van der Waals surface area contributed by atoms with E-state index in [1.54, 1.807) is 17.4 Å². The highest BCUT2D eigenvalue weighted by atomic mass is 35.5. The van der Waals surface area contributed by atoms with E-state index in [9.17, 15) is 18.0 Å². The third kappa shape index (κ3) is 3.97. The van der Waals surface area contributed by atoms with Gasteiger partial charge in [-0.05, 0) is 43.3 Å². The highest BCUT2D eigenvalue weighted by Gasteiger charge is 2.65. The normalized spacial score (nSPS) is 18.1. The fraction of sp³-hybridized carbons (Fsp3) is 0.235. The summed E-state index contributed by atoms with van der Waals surface area (Å²) >= 11 is 5.75. The Morgan fingerprint density at radius 1 is 1.15 bits per heavy atom. The number of ether oxygens (including phenoxy) is 3. The molecule has 0 fully saturated rings. The molecule has 2 aromatic carbocycles. The molecule has 1 atom stereocenters. The number of carbonyl (C=O) groups is 1. The number of rotatable bonds is 4. The van der Waals surface area contributed by atoms with Crippen molar-refractivity contribution in [3.63, 3.8) is 0 Å². The topological polar surface area (TPSA) is 68.8 Å². The summed E-state index contributed by atoms with van der Waals surface area (Å²) in [6.07, 6.45) is -5.06. The van der Waals surface area contributed by atoms with Crippen LogP contribution in [0.4, 0.5) is 23.7 Å². The minimum Gasteiger partial charge on any atom is -0.494 e. The van der Waals surface area contributed by atoms with E-state index in [4.69, 9.17) is 25.8 Å². The molecule has 0 aromatic heterocycles. The van der Waals surface area contributed by atoms with E-state index in [2.05, 4.69) is 5.32 Å². The first-order valence-electron chi connectivity index (χ1n) is 7.79. The van der Waals surface area contributed by atoms with Crippen LogP contribution in [0.5, 0.6) is 17.2 Å². The van der Waals surface area contributed by atoms with Crippen LogP contribution in [0.2, 0.25) is 5.02 Å². The van der Waals surface area contributed by atoms with Gasteiger partial charge in [-0.15, -0.1) is 0 Å². The van der Waals surface area contributed by atoms with Gasteiger partial charge >= 0.3 is 18.1 Å². The Kier molecular flexibility index (Phi) is 4.97. The van der Waals surface area contributed by atoms with Crippen molar-refractivity contribution in [1.29, 1.82) is 0 Å². The molecule has 2 N–H and O–H groups in total. The fourth-order valence-corrected chi connectivity index (χ4v) is 2.49. The molecule has 6 nitrogen and oxygen atoms in total. The van der Waals surface area contributed by atoms with Gasteiger partial charge in [-0.2, -0.15) is 13.2 Å². The zero-order chi connectivity index (χ0) is 19.7. The molecule has 1 aliphatic rings. The summed E-state index contributed by atoms with van der Waals surface area (Å²) in [4.78, 5) is 12.1. The smallest absolute Gasteiger partial charge is 0.492 e. The monoisotopic (exact) mass is 402 g/mol. The van der Waals surface area contributed by atoms with Crippen LogP contribution in [0.25, 0.3) is 0 Å². The summed E-state index contributed by atoms with van der Waals surface area (Å²) in [7, 11) is 0. The van der Waals surface area contributed by atoms with Crippen LogP contribution in [-0.2, 0) is 0 Å². The number of fused-ring (bicyclic) bond motifs is 1. The van der Waals surface area contributed by atoms with Gasteiger partial charge in [0.1, 0.15) is 5.75 Å². The molecule has 1 heterocycles. The molecule has 0 saturated heterocycles. The molecule has 0 saturated carbocycles. The van der Waals surface area contributed by atoms with Crippen molar-refractivity contribution >= 4 is 23.3 Å². The van der Waals surface area contributed by atoms with Gasteiger partial charge < -0.3 is 19.5 Å². The van der Waals surface area contributed by atoms with Gasteiger partial charge in [-0.1, -0.05) is 11.6 Å². The van der Waals surface area contributed by atoms with Crippen LogP contribution in [-0.4, -0.2) is 24.7 Å². The lowest BCUT2D eigenvalue weighted by Crippen LogP contribution is -2.65. The van der Waals surface area contributed by atoms with Gasteiger partial charge in [0, 0.05) is 16.8 Å². The zero-order valence-corrected chi connectivity index (χ0v) is 14.6. The van der Waals surface area contributed by atoms with Crippen LogP contribution >= 0.6 is 11.6 Å². The third-order valence-electron chi connectivity index (χ3n) is 3.49. The predicted octanol–water partition coefficient (Wildman–Crippen LogP) is 4.55. The Morgan fingerprint density at radius 2 is 1.81 bits per heavy atom. The van der Waals surface area contributed by atoms with E-state index in [0.717, 1.165) is 6.07 Å². The molecule has 2 amide bonds. The Labute approximate surface area is 157 Å². The van der Waals surface area contributed by atoms with Crippen molar-refractivity contribution in [3.8, 4) is 17.2 Å². The van der Waals surface area contributed by atoms with Crippen LogP contribution in [0.15, 0.2) is 42.5 Å². The first kappa shape index (κ1) is 19.0. The summed E-state index contributed by atoms with van der Waals surface area (Å²) < 4.78 is 55.7. The quantitative estimate of drug-likeness (QED) is 0.787. The number of anilines is 1. The summed E-state index contributed by atoms with van der Waals surface area (Å²) in [5.41, 5.74) is 0.256. The Bertz CT molecular complexity index is 845. The van der Waals surface area contributed by atoms with Crippen molar-refractivity contribution in [2.24, 2.45) is 0 Å². The summed E-state index contributed by atoms with van der Waals surface area (Å²) in [6.45, 7) is 2.27. The van der Waals surface area contributed by atoms with E-state index in [0.29, 0.717) is 12.4 Å². The summed E-state index contributed by atoms with van der Waals surface area (Å²) in [5, 5.41) is 4.14. The van der Waals surface area contributed by atoms with Crippen LogP contribution in [0.1, 0.15) is 6.92 Å². The van der Waals surface area contributed by atoms with E-state index in [-0.39, 0.29) is 22.2 Å². The summed E-state index contributed by atoms with van der Waals surface area (Å²) in [5.74, 6) is -3.24.